The molecule has 0 aliphatic carbocycles. The van der Waals surface area contributed by atoms with Gasteiger partial charge < -0.3 is 15.6 Å². The summed E-state index contributed by atoms with van der Waals surface area (Å²) in [6, 6.07) is 9.86. The molecule has 0 saturated carbocycles. The molecule has 3 rings (SSSR count). The summed E-state index contributed by atoms with van der Waals surface area (Å²) in [5.74, 6) is 1.18. The molecule has 0 amide bonds. The maximum atomic E-state index is 9.90. The molecule has 4 heteroatoms. The van der Waals surface area contributed by atoms with Crippen molar-refractivity contribution < 1.29 is 9.84 Å². The number of halogens is 1. The highest BCUT2D eigenvalue weighted by Crippen LogP contribution is 2.41. The van der Waals surface area contributed by atoms with E-state index in [1.807, 2.05) is 44.2 Å². The molecule has 0 spiro atoms. The average molecular weight is 348 g/mol. The average Bonchev–Trinajstić information content (AvgIpc) is 2.43. The van der Waals surface area contributed by atoms with Gasteiger partial charge in [-0.25, -0.2) is 0 Å². The SMILES string of the molecule is Cc1cc(C2C[C@@H](N)c3ccc(Br)cc3O2)cc(C)c1O. The summed E-state index contributed by atoms with van der Waals surface area (Å²) in [5.41, 5.74) is 10.1. The molecule has 3 N–H and O–H groups in total. The van der Waals surface area contributed by atoms with E-state index < -0.39 is 0 Å². The first kappa shape index (κ1) is 14.4. The Bertz CT molecular complexity index is 676. The summed E-state index contributed by atoms with van der Waals surface area (Å²) >= 11 is 3.47. The summed E-state index contributed by atoms with van der Waals surface area (Å²) in [7, 11) is 0. The molecule has 1 heterocycles. The number of rotatable bonds is 1. The fourth-order valence-corrected chi connectivity index (χ4v) is 3.20. The molecule has 1 unspecified atom stereocenters. The van der Waals surface area contributed by atoms with E-state index in [4.69, 9.17) is 10.5 Å². The van der Waals surface area contributed by atoms with Crippen LogP contribution in [0, 0.1) is 13.8 Å². The molecular formula is C17H18BrNO2. The van der Waals surface area contributed by atoms with Crippen LogP contribution in [0.3, 0.4) is 0 Å². The van der Waals surface area contributed by atoms with Gasteiger partial charge in [-0.05, 0) is 54.8 Å². The van der Waals surface area contributed by atoms with Crippen molar-refractivity contribution in [2.75, 3.05) is 0 Å². The summed E-state index contributed by atoms with van der Waals surface area (Å²) in [6.07, 6.45) is 0.651. The summed E-state index contributed by atoms with van der Waals surface area (Å²) in [6.45, 7) is 3.80. The van der Waals surface area contributed by atoms with Gasteiger partial charge in [0.15, 0.2) is 0 Å². The van der Waals surface area contributed by atoms with Crippen molar-refractivity contribution in [1.82, 2.24) is 0 Å². The fourth-order valence-electron chi connectivity index (χ4n) is 2.85. The number of nitrogens with two attached hydrogens (primary N) is 1. The molecule has 0 aromatic heterocycles. The van der Waals surface area contributed by atoms with Crippen LogP contribution in [0.25, 0.3) is 0 Å². The third-order valence-corrected chi connectivity index (χ3v) is 4.49. The lowest BCUT2D eigenvalue weighted by Crippen LogP contribution is -2.24. The van der Waals surface area contributed by atoms with Crippen LogP contribution in [0.15, 0.2) is 34.8 Å². The van der Waals surface area contributed by atoms with Gasteiger partial charge in [0.25, 0.3) is 0 Å². The Kier molecular flexibility index (Phi) is 3.68. The molecule has 0 bridgehead atoms. The minimum atomic E-state index is -0.0835. The Labute approximate surface area is 132 Å². The predicted octanol–water partition coefficient (Wildman–Crippen LogP) is 4.30. The lowest BCUT2D eigenvalue weighted by molar-refractivity contribution is 0.161. The van der Waals surface area contributed by atoms with Crippen LogP contribution in [0.1, 0.15) is 40.8 Å². The van der Waals surface area contributed by atoms with E-state index >= 15 is 0 Å². The van der Waals surface area contributed by atoms with E-state index in [1.165, 1.54) is 0 Å². The van der Waals surface area contributed by atoms with Crippen LogP contribution in [0.5, 0.6) is 11.5 Å². The van der Waals surface area contributed by atoms with Crippen molar-refractivity contribution in [2.24, 2.45) is 5.73 Å². The highest BCUT2D eigenvalue weighted by atomic mass is 79.9. The standard InChI is InChI=1S/C17H18BrNO2/c1-9-5-11(6-10(2)17(9)20)15-8-14(19)13-4-3-12(18)7-16(13)21-15/h3-7,14-15,20H,8,19H2,1-2H3/t14-,15?/m1/s1. The van der Waals surface area contributed by atoms with Gasteiger partial charge in [-0.2, -0.15) is 0 Å². The van der Waals surface area contributed by atoms with Crippen molar-refractivity contribution in [3.63, 3.8) is 0 Å². The van der Waals surface area contributed by atoms with Crippen molar-refractivity contribution in [2.45, 2.75) is 32.4 Å². The molecule has 2 atom stereocenters. The Hall–Kier alpha value is -1.52. The number of ether oxygens (including phenoxy) is 1. The largest absolute Gasteiger partial charge is 0.507 e. The number of benzene rings is 2. The van der Waals surface area contributed by atoms with Gasteiger partial charge in [-0.15, -0.1) is 0 Å². The van der Waals surface area contributed by atoms with E-state index in [9.17, 15) is 5.11 Å². The number of phenolic OH excluding ortho intramolecular Hbond substituents is 1. The number of phenols is 1. The second-order valence-corrected chi connectivity index (χ2v) is 6.55. The number of aryl methyl sites for hydroxylation is 2. The molecule has 21 heavy (non-hydrogen) atoms. The number of aromatic hydroxyl groups is 1. The number of fused-ring (bicyclic) bond motifs is 1. The Morgan fingerprint density at radius 3 is 2.52 bits per heavy atom. The van der Waals surface area contributed by atoms with Gasteiger partial charge in [0.05, 0.1) is 0 Å². The summed E-state index contributed by atoms with van der Waals surface area (Å²) in [4.78, 5) is 0. The lowest BCUT2D eigenvalue weighted by atomic mass is 9.92. The molecule has 0 fully saturated rings. The second kappa shape index (κ2) is 5.35. The third kappa shape index (κ3) is 2.65. The first-order valence-corrected chi connectivity index (χ1v) is 7.77. The van der Waals surface area contributed by atoms with Gasteiger partial charge in [-0.3, -0.25) is 0 Å². The van der Waals surface area contributed by atoms with Gasteiger partial charge in [-0.1, -0.05) is 22.0 Å². The van der Waals surface area contributed by atoms with Crippen molar-refractivity contribution >= 4 is 15.9 Å². The van der Waals surface area contributed by atoms with Gasteiger partial charge in [0, 0.05) is 22.5 Å². The molecule has 3 nitrogen and oxygen atoms in total. The quantitative estimate of drug-likeness (QED) is 0.808. The maximum Gasteiger partial charge on any atom is 0.126 e. The molecular weight excluding hydrogens is 330 g/mol. The first-order chi connectivity index (χ1) is 9.95. The zero-order chi connectivity index (χ0) is 15.1. The van der Waals surface area contributed by atoms with Crippen molar-refractivity contribution in [3.05, 3.63) is 57.1 Å². The van der Waals surface area contributed by atoms with E-state index in [2.05, 4.69) is 15.9 Å². The molecule has 0 saturated heterocycles. The van der Waals surface area contributed by atoms with Crippen molar-refractivity contribution in [1.29, 1.82) is 0 Å². The zero-order valence-electron chi connectivity index (χ0n) is 12.1. The molecule has 2 aromatic rings. The lowest BCUT2D eigenvalue weighted by Gasteiger charge is -2.31. The van der Waals surface area contributed by atoms with E-state index in [0.29, 0.717) is 5.75 Å². The Morgan fingerprint density at radius 2 is 1.86 bits per heavy atom. The predicted molar refractivity (Wildman–Crippen MR) is 86.6 cm³/mol. The van der Waals surface area contributed by atoms with Crippen LogP contribution in [-0.4, -0.2) is 5.11 Å². The van der Waals surface area contributed by atoms with E-state index in [1.54, 1.807) is 0 Å². The minimum Gasteiger partial charge on any atom is -0.507 e. The normalized spacial score (nSPS) is 20.8. The van der Waals surface area contributed by atoms with E-state index in [0.717, 1.165) is 38.9 Å². The van der Waals surface area contributed by atoms with E-state index in [-0.39, 0.29) is 12.1 Å². The van der Waals surface area contributed by atoms with Gasteiger partial charge in [0.2, 0.25) is 0 Å². The number of hydrogen-bond acceptors (Lipinski definition) is 3. The van der Waals surface area contributed by atoms with Crippen LogP contribution in [-0.2, 0) is 0 Å². The van der Waals surface area contributed by atoms with Crippen molar-refractivity contribution in [3.8, 4) is 11.5 Å². The van der Waals surface area contributed by atoms with Gasteiger partial charge >= 0.3 is 0 Å². The topological polar surface area (TPSA) is 55.5 Å². The van der Waals surface area contributed by atoms with Crippen LogP contribution >= 0.6 is 15.9 Å². The minimum absolute atomic E-state index is 0.0405. The van der Waals surface area contributed by atoms with Crippen LogP contribution in [0.4, 0.5) is 0 Å². The molecule has 1 aliphatic rings. The monoisotopic (exact) mass is 347 g/mol. The van der Waals surface area contributed by atoms with Gasteiger partial charge in [0.1, 0.15) is 17.6 Å². The molecule has 1 aliphatic heterocycles. The fraction of sp³-hybridized carbons (Fsp3) is 0.294. The number of hydrogen-bond donors (Lipinski definition) is 2. The third-order valence-electron chi connectivity index (χ3n) is 4.00. The molecule has 110 valence electrons. The van der Waals surface area contributed by atoms with Crippen LogP contribution < -0.4 is 10.5 Å². The Balaban J connectivity index is 1.99. The summed E-state index contributed by atoms with van der Waals surface area (Å²) < 4.78 is 7.11. The maximum absolute atomic E-state index is 9.90. The first-order valence-electron chi connectivity index (χ1n) is 6.97. The molecule has 0 radical (unpaired) electrons. The highest BCUT2D eigenvalue weighted by Gasteiger charge is 2.27. The highest BCUT2D eigenvalue weighted by molar-refractivity contribution is 9.10. The molecule has 2 aromatic carbocycles. The summed E-state index contributed by atoms with van der Waals surface area (Å²) in [5, 5.41) is 9.90. The zero-order valence-corrected chi connectivity index (χ0v) is 13.6. The van der Waals surface area contributed by atoms with Crippen LogP contribution in [0.2, 0.25) is 0 Å². The second-order valence-electron chi connectivity index (χ2n) is 5.63. The smallest absolute Gasteiger partial charge is 0.126 e. The Morgan fingerprint density at radius 1 is 1.19 bits per heavy atom.